The highest BCUT2D eigenvalue weighted by molar-refractivity contribution is 6.01. The van der Waals surface area contributed by atoms with E-state index in [1.807, 2.05) is 11.1 Å². The van der Waals surface area contributed by atoms with Gasteiger partial charge in [-0.15, -0.1) is 0 Å². The van der Waals surface area contributed by atoms with Gasteiger partial charge in [0, 0.05) is 45.6 Å². The number of nitrogens with zero attached hydrogens (tertiary/aromatic N) is 3. The molecule has 2 aromatic rings. The summed E-state index contributed by atoms with van der Waals surface area (Å²) >= 11 is 0. The second kappa shape index (κ2) is 7.62. The molecule has 0 aliphatic carbocycles. The second-order valence-corrected chi connectivity index (χ2v) is 7.34. The standard InChI is InChI=1S/C22H25N3O2/c1-17-15-19(18-5-3-2-4-6-18)7-8-20(17)16-23-11-13-24(14-12-23)25-21(26)9-10-22(25)27/h2-8,15H,9-14,16H2,1H3. The number of benzene rings is 2. The second-order valence-electron chi connectivity index (χ2n) is 7.34. The maximum Gasteiger partial charge on any atom is 0.244 e. The summed E-state index contributed by atoms with van der Waals surface area (Å²) in [6.45, 7) is 6.22. The van der Waals surface area contributed by atoms with Crippen molar-refractivity contribution in [3.8, 4) is 11.1 Å². The third-order valence-corrected chi connectivity index (χ3v) is 5.50. The lowest BCUT2D eigenvalue weighted by Gasteiger charge is -2.38. The first-order valence-corrected chi connectivity index (χ1v) is 9.60. The van der Waals surface area contributed by atoms with Crippen LogP contribution < -0.4 is 0 Å². The van der Waals surface area contributed by atoms with Gasteiger partial charge >= 0.3 is 0 Å². The molecule has 140 valence electrons. The van der Waals surface area contributed by atoms with E-state index in [0.29, 0.717) is 12.8 Å². The number of hydrogen-bond donors (Lipinski definition) is 0. The van der Waals surface area contributed by atoms with Crippen LogP contribution in [-0.2, 0) is 16.1 Å². The molecule has 0 saturated carbocycles. The molecule has 4 rings (SSSR count). The lowest BCUT2D eigenvalue weighted by molar-refractivity contribution is -0.160. The van der Waals surface area contributed by atoms with Crippen molar-refractivity contribution in [1.29, 1.82) is 0 Å². The summed E-state index contributed by atoms with van der Waals surface area (Å²) in [6, 6.07) is 17.1. The van der Waals surface area contributed by atoms with Crippen molar-refractivity contribution >= 4 is 11.8 Å². The topological polar surface area (TPSA) is 43.9 Å². The Morgan fingerprint density at radius 3 is 2.11 bits per heavy atom. The molecule has 2 saturated heterocycles. The highest BCUT2D eigenvalue weighted by Gasteiger charge is 2.35. The minimum atomic E-state index is -0.0548. The molecule has 5 nitrogen and oxygen atoms in total. The van der Waals surface area contributed by atoms with Gasteiger partial charge in [0.15, 0.2) is 0 Å². The van der Waals surface area contributed by atoms with Crippen LogP contribution in [0.4, 0.5) is 0 Å². The number of hydrogen-bond acceptors (Lipinski definition) is 4. The third kappa shape index (κ3) is 3.80. The first-order valence-electron chi connectivity index (χ1n) is 9.60. The average Bonchev–Trinajstić information content (AvgIpc) is 3.03. The zero-order valence-corrected chi connectivity index (χ0v) is 15.7. The summed E-state index contributed by atoms with van der Waals surface area (Å²) in [7, 11) is 0. The number of carbonyl (C=O) groups excluding carboxylic acids is 2. The fourth-order valence-corrected chi connectivity index (χ4v) is 3.90. The molecule has 0 N–H and O–H groups in total. The van der Waals surface area contributed by atoms with Crippen LogP contribution in [0.2, 0.25) is 0 Å². The highest BCUT2D eigenvalue weighted by atomic mass is 16.2. The molecule has 2 aliphatic rings. The zero-order chi connectivity index (χ0) is 18.8. The molecule has 0 aromatic heterocycles. The van der Waals surface area contributed by atoms with Gasteiger partial charge in [-0.2, -0.15) is 0 Å². The average molecular weight is 363 g/mol. The van der Waals surface area contributed by atoms with Gasteiger partial charge in [-0.05, 0) is 29.2 Å². The Balaban J connectivity index is 1.38. The summed E-state index contributed by atoms with van der Waals surface area (Å²) in [4.78, 5) is 26.2. The van der Waals surface area contributed by atoms with E-state index in [0.717, 1.165) is 32.7 Å². The van der Waals surface area contributed by atoms with Crippen molar-refractivity contribution in [3.05, 3.63) is 59.7 Å². The molecular formula is C22H25N3O2. The maximum absolute atomic E-state index is 11.9. The van der Waals surface area contributed by atoms with Crippen molar-refractivity contribution in [2.75, 3.05) is 26.2 Å². The smallest absolute Gasteiger partial charge is 0.244 e. The van der Waals surface area contributed by atoms with Gasteiger partial charge in [0.05, 0.1) is 0 Å². The molecule has 2 heterocycles. The van der Waals surface area contributed by atoms with Crippen LogP contribution in [0.5, 0.6) is 0 Å². The number of amides is 2. The summed E-state index contributed by atoms with van der Waals surface area (Å²) in [6.07, 6.45) is 0.706. The summed E-state index contributed by atoms with van der Waals surface area (Å²) in [5.74, 6) is -0.110. The van der Waals surface area contributed by atoms with Crippen LogP contribution in [-0.4, -0.2) is 52.9 Å². The molecule has 2 aliphatic heterocycles. The first-order chi connectivity index (χ1) is 13.1. The van der Waals surface area contributed by atoms with Crippen LogP contribution in [0.1, 0.15) is 24.0 Å². The van der Waals surface area contributed by atoms with E-state index in [1.54, 1.807) is 0 Å². The van der Waals surface area contributed by atoms with E-state index in [1.165, 1.54) is 27.3 Å². The van der Waals surface area contributed by atoms with Crippen molar-refractivity contribution in [2.24, 2.45) is 0 Å². The molecular weight excluding hydrogens is 338 g/mol. The van der Waals surface area contributed by atoms with Crippen LogP contribution in [0.15, 0.2) is 48.5 Å². The van der Waals surface area contributed by atoms with Crippen LogP contribution in [0.3, 0.4) is 0 Å². The Labute approximate surface area is 160 Å². The number of piperazine rings is 1. The fourth-order valence-electron chi connectivity index (χ4n) is 3.90. The number of aryl methyl sites for hydroxylation is 1. The van der Waals surface area contributed by atoms with Gasteiger partial charge in [-0.1, -0.05) is 48.5 Å². The normalized spacial score (nSPS) is 19.1. The quantitative estimate of drug-likeness (QED) is 0.784. The van der Waals surface area contributed by atoms with E-state index >= 15 is 0 Å². The number of rotatable bonds is 4. The monoisotopic (exact) mass is 363 g/mol. The van der Waals surface area contributed by atoms with Crippen LogP contribution in [0.25, 0.3) is 11.1 Å². The Bertz CT molecular complexity index is 826. The van der Waals surface area contributed by atoms with Crippen molar-refractivity contribution < 1.29 is 9.59 Å². The number of imide groups is 1. The van der Waals surface area contributed by atoms with Gasteiger partial charge in [0.25, 0.3) is 0 Å². The molecule has 27 heavy (non-hydrogen) atoms. The SMILES string of the molecule is Cc1cc(-c2ccccc2)ccc1CN1CCN(N2C(=O)CCC2=O)CC1. The van der Waals surface area contributed by atoms with Crippen molar-refractivity contribution in [2.45, 2.75) is 26.3 Å². The Morgan fingerprint density at radius 1 is 0.815 bits per heavy atom. The van der Waals surface area contributed by atoms with Crippen molar-refractivity contribution in [1.82, 2.24) is 14.9 Å². The van der Waals surface area contributed by atoms with E-state index < -0.39 is 0 Å². The molecule has 0 bridgehead atoms. The number of carbonyl (C=O) groups is 2. The highest BCUT2D eigenvalue weighted by Crippen LogP contribution is 2.23. The largest absolute Gasteiger partial charge is 0.296 e. The fraction of sp³-hybridized carbons (Fsp3) is 0.364. The Kier molecular flexibility index (Phi) is 5.05. The van der Waals surface area contributed by atoms with Crippen LogP contribution >= 0.6 is 0 Å². The Hall–Kier alpha value is -2.50. The molecule has 2 fully saturated rings. The zero-order valence-electron chi connectivity index (χ0n) is 15.7. The lowest BCUT2D eigenvalue weighted by Crippen LogP contribution is -2.55. The van der Waals surface area contributed by atoms with Crippen LogP contribution in [0, 0.1) is 6.92 Å². The first kappa shape index (κ1) is 17.9. The van der Waals surface area contributed by atoms with E-state index in [9.17, 15) is 9.59 Å². The van der Waals surface area contributed by atoms with Crippen molar-refractivity contribution in [3.63, 3.8) is 0 Å². The molecule has 0 spiro atoms. The minimum Gasteiger partial charge on any atom is -0.296 e. The summed E-state index contributed by atoms with van der Waals surface area (Å²) in [5.41, 5.74) is 5.11. The van der Waals surface area contributed by atoms with Gasteiger partial charge in [-0.3, -0.25) is 14.5 Å². The Morgan fingerprint density at radius 2 is 1.48 bits per heavy atom. The predicted molar refractivity (Wildman–Crippen MR) is 105 cm³/mol. The minimum absolute atomic E-state index is 0.0548. The summed E-state index contributed by atoms with van der Waals surface area (Å²) < 4.78 is 0. The maximum atomic E-state index is 11.9. The van der Waals surface area contributed by atoms with Gasteiger partial charge in [0.1, 0.15) is 0 Å². The van der Waals surface area contributed by atoms with E-state index in [-0.39, 0.29) is 11.8 Å². The molecule has 5 heteroatoms. The molecule has 0 radical (unpaired) electrons. The van der Waals surface area contributed by atoms with E-state index in [4.69, 9.17) is 0 Å². The predicted octanol–water partition coefficient (Wildman–Crippen LogP) is 2.84. The molecule has 0 atom stereocenters. The molecule has 0 unspecified atom stereocenters. The third-order valence-electron chi connectivity index (χ3n) is 5.50. The van der Waals surface area contributed by atoms with Gasteiger partial charge in [-0.25, -0.2) is 10.0 Å². The van der Waals surface area contributed by atoms with E-state index in [2.05, 4.69) is 54.3 Å². The molecule has 2 amide bonds. The molecule has 2 aromatic carbocycles. The van der Waals surface area contributed by atoms with Gasteiger partial charge < -0.3 is 0 Å². The van der Waals surface area contributed by atoms with Gasteiger partial charge in [0.2, 0.25) is 11.8 Å². The number of hydrazine groups is 1. The lowest BCUT2D eigenvalue weighted by atomic mass is 9.99. The summed E-state index contributed by atoms with van der Waals surface area (Å²) in [5, 5.41) is 3.29.